The van der Waals surface area contributed by atoms with Crippen molar-refractivity contribution in [2.75, 3.05) is 7.11 Å². The fourth-order valence-electron chi connectivity index (χ4n) is 3.12. The molecule has 0 aliphatic carbocycles. The summed E-state index contributed by atoms with van der Waals surface area (Å²) in [4.78, 5) is 11.4. The molecule has 3 aromatic carbocycles. The summed E-state index contributed by atoms with van der Waals surface area (Å²) >= 11 is 0. The average molecular weight is 435 g/mol. The van der Waals surface area contributed by atoms with Crippen molar-refractivity contribution in [1.29, 1.82) is 0 Å². The SMILES string of the molecule is COc1cccc(S(=O)(=O)c2nnn(-c3cccc(C(=O)O)c3)c2-c2ccccc2)c1. The Balaban J connectivity index is 1.96. The van der Waals surface area contributed by atoms with Gasteiger partial charge in [-0.3, -0.25) is 0 Å². The zero-order valence-corrected chi connectivity index (χ0v) is 17.2. The summed E-state index contributed by atoms with van der Waals surface area (Å²) in [5.41, 5.74) is 1.21. The number of aromatic nitrogens is 3. The van der Waals surface area contributed by atoms with Crippen molar-refractivity contribution in [3.8, 4) is 22.7 Å². The Morgan fingerprint density at radius 2 is 1.71 bits per heavy atom. The quantitative estimate of drug-likeness (QED) is 0.493. The largest absolute Gasteiger partial charge is 0.497 e. The molecule has 9 heteroatoms. The minimum atomic E-state index is -4.05. The molecule has 31 heavy (non-hydrogen) atoms. The number of carboxylic acid groups (broad SMARTS) is 1. The van der Waals surface area contributed by atoms with E-state index in [0.717, 1.165) is 0 Å². The molecule has 4 aromatic rings. The molecule has 8 nitrogen and oxygen atoms in total. The smallest absolute Gasteiger partial charge is 0.335 e. The summed E-state index contributed by atoms with van der Waals surface area (Å²) in [5, 5.41) is 17.1. The first-order valence-electron chi connectivity index (χ1n) is 9.16. The van der Waals surface area contributed by atoms with Crippen molar-refractivity contribution in [1.82, 2.24) is 15.0 Å². The Labute approximate surface area is 178 Å². The van der Waals surface area contributed by atoms with Crippen LogP contribution < -0.4 is 4.74 Å². The Morgan fingerprint density at radius 3 is 2.42 bits per heavy atom. The van der Waals surface area contributed by atoms with Crippen LogP contribution in [0.3, 0.4) is 0 Å². The average Bonchev–Trinajstić information content (AvgIpc) is 3.26. The number of aromatic carboxylic acids is 1. The Kier molecular flexibility index (Phi) is 5.26. The second-order valence-corrected chi connectivity index (χ2v) is 8.42. The van der Waals surface area contributed by atoms with E-state index in [0.29, 0.717) is 17.0 Å². The van der Waals surface area contributed by atoms with Crippen molar-refractivity contribution in [3.63, 3.8) is 0 Å². The van der Waals surface area contributed by atoms with Gasteiger partial charge in [-0.2, -0.15) is 0 Å². The molecule has 4 rings (SSSR count). The van der Waals surface area contributed by atoms with Crippen LogP contribution in [0.5, 0.6) is 5.75 Å². The summed E-state index contributed by atoms with van der Waals surface area (Å²) in [6.07, 6.45) is 0. The van der Waals surface area contributed by atoms with Crippen LogP contribution in [-0.4, -0.2) is 41.6 Å². The fourth-order valence-corrected chi connectivity index (χ4v) is 4.48. The van der Waals surface area contributed by atoms with E-state index in [1.54, 1.807) is 54.6 Å². The van der Waals surface area contributed by atoms with Gasteiger partial charge in [0.25, 0.3) is 0 Å². The predicted octanol–water partition coefficient (Wildman–Crippen LogP) is 3.47. The number of hydrogen-bond donors (Lipinski definition) is 1. The van der Waals surface area contributed by atoms with Gasteiger partial charge in [-0.1, -0.05) is 47.7 Å². The highest BCUT2D eigenvalue weighted by molar-refractivity contribution is 7.91. The highest BCUT2D eigenvalue weighted by Gasteiger charge is 2.29. The number of carbonyl (C=O) groups is 1. The molecule has 0 spiro atoms. The predicted molar refractivity (Wildman–Crippen MR) is 112 cm³/mol. The summed E-state index contributed by atoms with van der Waals surface area (Å²) in [5.74, 6) is -0.712. The number of sulfone groups is 1. The third-order valence-corrected chi connectivity index (χ3v) is 6.29. The minimum absolute atomic E-state index is 0.00960. The molecule has 0 saturated heterocycles. The van der Waals surface area contributed by atoms with Gasteiger partial charge >= 0.3 is 5.97 Å². The third-order valence-electron chi connectivity index (χ3n) is 4.63. The van der Waals surface area contributed by atoms with E-state index in [9.17, 15) is 18.3 Å². The molecule has 1 aromatic heterocycles. The first kappa shape index (κ1) is 20.3. The van der Waals surface area contributed by atoms with Gasteiger partial charge in [0.2, 0.25) is 14.9 Å². The van der Waals surface area contributed by atoms with E-state index < -0.39 is 15.8 Å². The monoisotopic (exact) mass is 435 g/mol. The fraction of sp³-hybridized carbons (Fsp3) is 0.0455. The number of methoxy groups -OCH3 is 1. The van der Waals surface area contributed by atoms with Crippen molar-refractivity contribution in [2.45, 2.75) is 9.92 Å². The molecule has 1 N–H and O–H groups in total. The maximum absolute atomic E-state index is 13.5. The van der Waals surface area contributed by atoms with Gasteiger partial charge in [-0.15, -0.1) is 5.10 Å². The second-order valence-electron chi connectivity index (χ2n) is 6.56. The molecular weight excluding hydrogens is 418 g/mol. The topological polar surface area (TPSA) is 111 Å². The number of carboxylic acids is 1. The standard InChI is InChI=1S/C22H17N3O5S/c1-30-18-11-6-12-19(14-18)31(28,29)21-20(15-7-3-2-4-8-15)25(24-23-21)17-10-5-9-16(13-17)22(26)27/h2-14H,1H3,(H,26,27). The summed E-state index contributed by atoms with van der Waals surface area (Å²) in [7, 11) is -2.60. The van der Waals surface area contributed by atoms with Gasteiger partial charge < -0.3 is 9.84 Å². The van der Waals surface area contributed by atoms with Crippen LogP contribution in [0.25, 0.3) is 16.9 Å². The van der Waals surface area contributed by atoms with Gasteiger partial charge in [0.15, 0.2) is 0 Å². The lowest BCUT2D eigenvalue weighted by Crippen LogP contribution is -2.07. The molecule has 0 aliphatic rings. The lowest BCUT2D eigenvalue weighted by Gasteiger charge is -2.10. The number of ether oxygens (including phenoxy) is 1. The van der Waals surface area contributed by atoms with E-state index in [4.69, 9.17) is 4.74 Å². The maximum atomic E-state index is 13.5. The first-order chi connectivity index (χ1) is 14.9. The van der Waals surface area contributed by atoms with Crippen LogP contribution in [0, 0.1) is 0 Å². The van der Waals surface area contributed by atoms with Crippen molar-refractivity contribution in [3.05, 3.63) is 84.4 Å². The van der Waals surface area contributed by atoms with Crippen LogP contribution in [-0.2, 0) is 9.84 Å². The van der Waals surface area contributed by atoms with Crippen molar-refractivity contribution < 1.29 is 23.1 Å². The number of nitrogens with zero attached hydrogens (tertiary/aromatic N) is 3. The Bertz CT molecular complexity index is 1360. The highest BCUT2D eigenvalue weighted by atomic mass is 32.2. The lowest BCUT2D eigenvalue weighted by molar-refractivity contribution is 0.0697. The molecule has 0 saturated carbocycles. The third kappa shape index (κ3) is 3.78. The van der Waals surface area contributed by atoms with Gasteiger partial charge in [-0.05, 0) is 36.4 Å². The van der Waals surface area contributed by atoms with Gasteiger partial charge in [0.1, 0.15) is 11.4 Å². The molecule has 0 unspecified atom stereocenters. The molecule has 0 atom stereocenters. The van der Waals surface area contributed by atoms with Gasteiger partial charge in [0, 0.05) is 5.56 Å². The number of hydrogen-bond acceptors (Lipinski definition) is 6. The summed E-state index contributed by atoms with van der Waals surface area (Å²) < 4.78 is 33.4. The van der Waals surface area contributed by atoms with Crippen molar-refractivity contribution >= 4 is 15.8 Å². The van der Waals surface area contributed by atoms with Gasteiger partial charge in [-0.25, -0.2) is 17.9 Å². The summed E-state index contributed by atoms with van der Waals surface area (Å²) in [6.45, 7) is 0. The van der Waals surface area contributed by atoms with E-state index >= 15 is 0 Å². The van der Waals surface area contributed by atoms with Crippen LogP contribution in [0.4, 0.5) is 0 Å². The van der Waals surface area contributed by atoms with E-state index in [-0.39, 0.29) is 21.2 Å². The maximum Gasteiger partial charge on any atom is 0.335 e. The molecule has 0 radical (unpaired) electrons. The molecule has 0 bridgehead atoms. The molecule has 1 heterocycles. The Morgan fingerprint density at radius 1 is 0.968 bits per heavy atom. The first-order valence-corrected chi connectivity index (χ1v) is 10.6. The molecule has 0 amide bonds. The Hall–Kier alpha value is -3.98. The highest BCUT2D eigenvalue weighted by Crippen LogP contribution is 2.32. The zero-order valence-electron chi connectivity index (χ0n) is 16.3. The zero-order chi connectivity index (χ0) is 22.0. The van der Waals surface area contributed by atoms with E-state index in [1.165, 1.54) is 36.1 Å². The van der Waals surface area contributed by atoms with E-state index in [1.807, 2.05) is 0 Å². The molecule has 156 valence electrons. The number of rotatable bonds is 6. The molecular formula is C22H17N3O5S. The van der Waals surface area contributed by atoms with Gasteiger partial charge in [0.05, 0.1) is 23.3 Å². The van der Waals surface area contributed by atoms with Crippen LogP contribution >= 0.6 is 0 Å². The lowest BCUT2D eigenvalue weighted by atomic mass is 10.1. The second kappa shape index (κ2) is 8.04. The van der Waals surface area contributed by atoms with Crippen LogP contribution in [0.1, 0.15) is 10.4 Å². The van der Waals surface area contributed by atoms with Crippen LogP contribution in [0.2, 0.25) is 0 Å². The summed E-state index contributed by atoms with van der Waals surface area (Å²) in [6, 6.07) is 20.9. The molecule has 0 aliphatic heterocycles. The van der Waals surface area contributed by atoms with Crippen molar-refractivity contribution in [2.24, 2.45) is 0 Å². The minimum Gasteiger partial charge on any atom is -0.497 e. The number of benzene rings is 3. The van der Waals surface area contributed by atoms with Crippen LogP contribution in [0.15, 0.2) is 88.8 Å². The molecule has 0 fully saturated rings. The van der Waals surface area contributed by atoms with E-state index in [2.05, 4.69) is 10.3 Å². The normalized spacial score (nSPS) is 11.3.